The van der Waals surface area contributed by atoms with Gasteiger partial charge in [-0.25, -0.2) is 0 Å². The topological polar surface area (TPSA) is 43.1 Å². The molecule has 0 unspecified atom stereocenters. The Labute approximate surface area is 74.9 Å². The van der Waals surface area contributed by atoms with Crippen molar-refractivity contribution in [3.63, 3.8) is 0 Å². The third-order valence-corrected chi connectivity index (χ3v) is 2.39. The van der Waals surface area contributed by atoms with Crippen molar-refractivity contribution in [2.75, 3.05) is 34.6 Å². The Morgan fingerprint density at radius 2 is 1.92 bits per heavy atom. The molecule has 1 aliphatic heterocycles. The molecule has 0 aromatic carbocycles. The van der Waals surface area contributed by atoms with E-state index in [1.54, 1.807) is 0 Å². The first-order valence-electron chi connectivity index (χ1n) is 4.07. The Kier molecular flexibility index (Phi) is 2.00. The number of quaternary nitrogens is 2. The normalized spacial score (nSPS) is 27.3. The van der Waals surface area contributed by atoms with Crippen LogP contribution in [0.1, 0.15) is 0 Å². The third kappa shape index (κ3) is 1.64. The fourth-order valence-electron chi connectivity index (χ4n) is 2.01. The number of amides is 1. The summed E-state index contributed by atoms with van der Waals surface area (Å²) in [6.07, 6.45) is 0.794. The summed E-state index contributed by atoms with van der Waals surface area (Å²) >= 11 is 0. The molecule has 1 fully saturated rings. The second-order valence-corrected chi connectivity index (χ2v) is 4.62. The lowest BCUT2D eigenvalue weighted by Crippen LogP contribution is -2.57. The van der Waals surface area contributed by atoms with E-state index in [1.165, 1.54) is 0 Å². The number of nitrogens with zero attached hydrogens (tertiary/aromatic N) is 2. The van der Waals surface area contributed by atoms with Crippen molar-refractivity contribution in [2.45, 2.75) is 0 Å². The van der Waals surface area contributed by atoms with Crippen molar-refractivity contribution >= 4 is 20.2 Å². The minimum Gasteiger partial charge on any atom is -0.725 e. The number of carbonyl (C=O) groups is 1. The van der Waals surface area contributed by atoms with Crippen molar-refractivity contribution in [2.24, 2.45) is 5.73 Å². The van der Waals surface area contributed by atoms with Gasteiger partial charge in [0.25, 0.3) is 7.55 Å². The molecule has 12 heavy (non-hydrogen) atoms. The fraction of sp³-hybridized carbons (Fsp3) is 0.833. The van der Waals surface area contributed by atoms with E-state index in [0.717, 1.165) is 10.8 Å². The molecule has 4 nitrogen and oxygen atoms in total. The van der Waals surface area contributed by atoms with Gasteiger partial charge in [0, 0.05) is 14.1 Å². The minimum atomic E-state index is -0.208. The number of carbonyl (C=O) groups excluding carboxylic acids is 1. The zero-order valence-corrected chi connectivity index (χ0v) is 8.24. The molecule has 0 atom stereocenters. The van der Waals surface area contributed by atoms with Crippen molar-refractivity contribution < 1.29 is 13.5 Å². The van der Waals surface area contributed by atoms with Crippen LogP contribution in [0.15, 0.2) is 0 Å². The van der Waals surface area contributed by atoms with Crippen LogP contribution in [0.5, 0.6) is 0 Å². The Hall–Kier alpha value is -0.480. The standard InChI is InChI=1S/C6H15B2N3O/c1-10(2)5-8(6(9)12)11(3,4)7-10/h5H2,1-4H3,(H-,9,12)/q-1/p+1. The van der Waals surface area contributed by atoms with Crippen molar-refractivity contribution in [1.29, 1.82) is 0 Å². The Morgan fingerprint density at radius 3 is 2.08 bits per heavy atom. The molecule has 6 heteroatoms. The van der Waals surface area contributed by atoms with Gasteiger partial charge in [-0.15, -0.1) is 0 Å². The van der Waals surface area contributed by atoms with Gasteiger partial charge in [0.05, 0.1) is 5.81 Å². The van der Waals surface area contributed by atoms with Crippen LogP contribution in [0.2, 0.25) is 0 Å². The summed E-state index contributed by atoms with van der Waals surface area (Å²) in [6, 6.07) is 0. The van der Waals surface area contributed by atoms with Crippen LogP contribution in [-0.2, 0) is 0 Å². The summed E-state index contributed by atoms with van der Waals surface area (Å²) < 4.78 is 1.34. The Morgan fingerprint density at radius 1 is 1.42 bits per heavy atom. The highest BCUT2D eigenvalue weighted by molar-refractivity contribution is 6.87. The van der Waals surface area contributed by atoms with Gasteiger partial charge in [-0.05, 0) is 20.5 Å². The number of primary amides is 1. The fourth-order valence-corrected chi connectivity index (χ4v) is 2.01. The van der Waals surface area contributed by atoms with E-state index < -0.39 is 0 Å². The number of rotatable bonds is 1. The van der Waals surface area contributed by atoms with Gasteiger partial charge >= 0.3 is 0 Å². The van der Waals surface area contributed by atoms with Crippen LogP contribution in [0.25, 0.3) is 0 Å². The van der Waals surface area contributed by atoms with E-state index in [4.69, 9.17) is 5.73 Å². The second-order valence-electron chi connectivity index (χ2n) is 4.62. The predicted molar refractivity (Wildman–Crippen MR) is 50.2 cm³/mol. The molecule has 3 radical (unpaired) electrons. The highest BCUT2D eigenvalue weighted by Crippen LogP contribution is 2.16. The highest BCUT2D eigenvalue weighted by atomic mass is 16.1. The van der Waals surface area contributed by atoms with Crippen LogP contribution in [-0.4, -0.2) is 63.5 Å². The van der Waals surface area contributed by atoms with Crippen LogP contribution < -0.4 is 5.73 Å². The smallest absolute Gasteiger partial charge is 0.289 e. The van der Waals surface area contributed by atoms with Gasteiger partial charge in [-0.2, -0.15) is 0 Å². The average molecular weight is 168 g/mol. The van der Waals surface area contributed by atoms with E-state index in [1.807, 2.05) is 14.1 Å². The molecule has 1 aliphatic rings. The molecule has 0 spiro atoms. The third-order valence-electron chi connectivity index (χ3n) is 2.39. The van der Waals surface area contributed by atoms with Crippen molar-refractivity contribution in [3.05, 3.63) is 0 Å². The van der Waals surface area contributed by atoms with E-state index in [9.17, 15) is 4.79 Å². The van der Waals surface area contributed by atoms with Gasteiger partial charge in [-0.1, -0.05) is 0 Å². The van der Waals surface area contributed by atoms with Crippen LogP contribution in [0.3, 0.4) is 0 Å². The predicted octanol–water partition coefficient (Wildman–Crippen LogP) is -1.12. The van der Waals surface area contributed by atoms with Crippen LogP contribution in [0.4, 0.5) is 4.79 Å². The largest absolute Gasteiger partial charge is 0.725 e. The zero-order chi connectivity index (χ0) is 9.57. The molecule has 1 saturated heterocycles. The van der Waals surface area contributed by atoms with Crippen molar-refractivity contribution in [3.8, 4) is 0 Å². The summed E-state index contributed by atoms with van der Waals surface area (Å²) in [6.45, 7) is -0.0833. The monoisotopic (exact) mass is 168 g/mol. The highest BCUT2D eigenvalue weighted by Gasteiger charge is 2.34. The first-order chi connectivity index (χ1) is 5.25. The van der Waals surface area contributed by atoms with Crippen LogP contribution >= 0.6 is 0 Å². The summed E-state index contributed by atoms with van der Waals surface area (Å²) in [5.74, 6) is -0.208. The summed E-state index contributed by atoms with van der Waals surface area (Å²) in [5.41, 5.74) is 5.31. The maximum Gasteiger partial charge on any atom is 0.289 e. The molecule has 0 aromatic rings. The number of hydrogen-bond acceptors (Lipinski definition) is 1. The lowest BCUT2D eigenvalue weighted by molar-refractivity contribution is -0.807. The zero-order valence-electron chi connectivity index (χ0n) is 8.24. The molecular weight excluding hydrogens is 152 g/mol. The summed E-state index contributed by atoms with van der Waals surface area (Å²) in [4.78, 5) is 11.1. The van der Waals surface area contributed by atoms with E-state index >= 15 is 0 Å². The summed E-state index contributed by atoms with van der Waals surface area (Å²) in [5, 5.41) is 0. The minimum absolute atomic E-state index is 0.0833. The van der Waals surface area contributed by atoms with Gasteiger partial charge in [0.15, 0.2) is 0 Å². The van der Waals surface area contributed by atoms with Gasteiger partial charge in [0.1, 0.15) is 0 Å². The van der Waals surface area contributed by atoms with Crippen molar-refractivity contribution in [1.82, 2.24) is 0 Å². The van der Waals surface area contributed by atoms with Gasteiger partial charge in [0.2, 0.25) is 6.85 Å². The van der Waals surface area contributed by atoms with Gasteiger partial charge in [-0.3, -0.25) is 0 Å². The lowest BCUT2D eigenvalue weighted by atomic mass is 9.57. The Balaban J connectivity index is 2.85. The first kappa shape index (κ1) is 9.61. The molecule has 0 saturated carbocycles. The molecule has 0 aromatic heterocycles. The molecule has 2 N–H and O–H groups in total. The molecule has 1 rings (SSSR count). The summed E-state index contributed by atoms with van der Waals surface area (Å²) in [7, 11) is 10.3. The molecule has 0 aliphatic carbocycles. The van der Waals surface area contributed by atoms with Gasteiger partial charge < -0.3 is 19.2 Å². The molecule has 67 valence electrons. The maximum absolute atomic E-state index is 11.1. The first-order valence-corrected chi connectivity index (χ1v) is 4.07. The maximum atomic E-state index is 11.1. The van der Waals surface area contributed by atoms with E-state index in [2.05, 4.69) is 21.6 Å². The number of nitrogens with two attached hydrogens (primary N) is 1. The van der Waals surface area contributed by atoms with E-state index in [0.29, 0.717) is 4.31 Å². The lowest BCUT2D eigenvalue weighted by Gasteiger charge is -2.50. The molecule has 0 bridgehead atoms. The Bertz CT molecular complexity index is 217. The molecule has 1 heterocycles. The quantitative estimate of drug-likeness (QED) is 0.495. The number of hydrogen-bond donors (Lipinski definition) is 1. The second kappa shape index (κ2) is 2.50. The molecular formula is C6H16B2N3O. The SMILES string of the molecule is C[N+]1(C)[B-][N+](C)(C)[B-](C(N)=O)C1. The molecule has 1 amide bonds. The van der Waals surface area contributed by atoms with Crippen LogP contribution in [0, 0.1) is 0 Å². The van der Waals surface area contributed by atoms with E-state index in [-0.39, 0.29) is 12.7 Å². The average Bonchev–Trinajstić information content (AvgIpc) is 1.99.